The van der Waals surface area contributed by atoms with E-state index in [-0.39, 0.29) is 22.4 Å². The molecular weight excluding hydrogens is 278 g/mol. The summed E-state index contributed by atoms with van der Waals surface area (Å²) in [5.74, 6) is -1.24. The molecular formula is C8H5BrF2O2S. The molecule has 0 aliphatic rings. The third kappa shape index (κ3) is 2.68. The second-order valence-corrected chi connectivity index (χ2v) is 3.20. The normalized spacial score (nSPS) is 9.93. The molecule has 0 saturated heterocycles. The van der Waals surface area contributed by atoms with Crippen molar-refractivity contribution in [2.45, 2.75) is 0 Å². The monoisotopic (exact) mass is 282 g/mol. The van der Waals surface area contributed by atoms with E-state index < -0.39 is 18.2 Å². The Hall–Kier alpha value is -0.620. The standard InChI is InChI=1S/C8H5BrF2O2S/c9-4-7(12)5-1-2-8(13-14-11)6(10)3-5/h1-3H,4H2. The predicted molar refractivity (Wildman–Crippen MR) is 53.9 cm³/mol. The fourth-order valence-electron chi connectivity index (χ4n) is 0.853. The quantitative estimate of drug-likeness (QED) is 0.481. The minimum absolute atomic E-state index is 0.116. The van der Waals surface area contributed by atoms with Gasteiger partial charge in [-0.2, -0.15) is 0 Å². The maximum absolute atomic E-state index is 13.1. The Morgan fingerprint density at radius 3 is 2.79 bits per heavy atom. The highest BCUT2D eigenvalue weighted by Crippen LogP contribution is 2.22. The zero-order valence-electron chi connectivity index (χ0n) is 6.80. The lowest BCUT2D eigenvalue weighted by Crippen LogP contribution is -2.00. The van der Waals surface area contributed by atoms with Gasteiger partial charge in [0.15, 0.2) is 17.3 Å². The number of halogens is 3. The molecule has 0 aliphatic heterocycles. The Morgan fingerprint density at radius 2 is 2.29 bits per heavy atom. The van der Waals surface area contributed by atoms with Gasteiger partial charge in [0.2, 0.25) is 0 Å². The van der Waals surface area contributed by atoms with Crippen molar-refractivity contribution in [2.75, 3.05) is 5.33 Å². The first-order valence-corrected chi connectivity index (χ1v) is 5.29. The fourth-order valence-corrected chi connectivity index (χ4v) is 1.38. The molecule has 0 unspecified atom stereocenters. The van der Waals surface area contributed by atoms with Crippen molar-refractivity contribution >= 4 is 34.1 Å². The zero-order valence-corrected chi connectivity index (χ0v) is 9.20. The summed E-state index contributed by atoms with van der Waals surface area (Å²) in [4.78, 5) is 11.1. The topological polar surface area (TPSA) is 26.3 Å². The van der Waals surface area contributed by atoms with Crippen LogP contribution in [0.15, 0.2) is 18.2 Å². The number of ketones is 1. The summed E-state index contributed by atoms with van der Waals surface area (Å²) in [5.41, 5.74) is 0.218. The van der Waals surface area contributed by atoms with E-state index in [1.165, 1.54) is 12.1 Å². The third-order valence-corrected chi connectivity index (χ3v) is 2.25. The minimum Gasteiger partial charge on any atom is -0.394 e. The smallest absolute Gasteiger partial charge is 0.272 e. The van der Waals surface area contributed by atoms with Crippen LogP contribution in [-0.4, -0.2) is 11.1 Å². The van der Waals surface area contributed by atoms with E-state index in [4.69, 9.17) is 0 Å². The Labute approximate surface area is 92.3 Å². The van der Waals surface area contributed by atoms with Crippen LogP contribution in [0.3, 0.4) is 0 Å². The van der Waals surface area contributed by atoms with E-state index in [0.29, 0.717) is 0 Å². The first kappa shape index (κ1) is 11.5. The maximum Gasteiger partial charge on any atom is 0.272 e. The van der Waals surface area contributed by atoms with Crippen molar-refractivity contribution in [1.29, 1.82) is 0 Å². The van der Waals surface area contributed by atoms with Gasteiger partial charge < -0.3 is 4.18 Å². The number of alkyl halides is 1. The lowest BCUT2D eigenvalue weighted by atomic mass is 10.1. The fraction of sp³-hybridized carbons (Fsp3) is 0.125. The van der Waals surface area contributed by atoms with Gasteiger partial charge in [-0.15, -0.1) is 3.89 Å². The van der Waals surface area contributed by atoms with Gasteiger partial charge in [-0.25, -0.2) is 4.39 Å². The van der Waals surface area contributed by atoms with Crippen LogP contribution in [0.5, 0.6) is 5.75 Å². The van der Waals surface area contributed by atoms with Crippen molar-refractivity contribution in [1.82, 2.24) is 0 Å². The van der Waals surface area contributed by atoms with Crippen LogP contribution in [0.1, 0.15) is 10.4 Å². The van der Waals surface area contributed by atoms with Crippen molar-refractivity contribution in [3.8, 4) is 5.75 Å². The molecule has 0 aromatic heterocycles. The summed E-state index contributed by atoms with van der Waals surface area (Å²) in [7, 11) is 0. The Kier molecular flexibility index (Phi) is 4.34. The van der Waals surface area contributed by atoms with Gasteiger partial charge in [0.05, 0.1) is 5.33 Å². The molecule has 0 spiro atoms. The number of hydrogen-bond donors (Lipinski definition) is 0. The van der Waals surface area contributed by atoms with Gasteiger partial charge in [-0.05, 0) is 18.2 Å². The van der Waals surface area contributed by atoms with Crippen molar-refractivity contribution in [3.05, 3.63) is 29.6 Å². The maximum atomic E-state index is 13.1. The molecule has 0 aliphatic carbocycles. The van der Waals surface area contributed by atoms with Crippen LogP contribution in [0.4, 0.5) is 8.28 Å². The van der Waals surface area contributed by atoms with Crippen LogP contribution >= 0.6 is 28.4 Å². The Balaban J connectivity index is 2.94. The van der Waals surface area contributed by atoms with Gasteiger partial charge >= 0.3 is 0 Å². The van der Waals surface area contributed by atoms with Gasteiger partial charge in [0.1, 0.15) is 0 Å². The van der Waals surface area contributed by atoms with Crippen LogP contribution < -0.4 is 4.18 Å². The highest BCUT2D eigenvalue weighted by Gasteiger charge is 2.09. The van der Waals surface area contributed by atoms with E-state index in [0.717, 1.165) is 6.07 Å². The number of Topliss-reactive ketones (excluding diaryl/α,β-unsaturated/α-hetero) is 1. The highest BCUT2D eigenvalue weighted by molar-refractivity contribution is 9.09. The number of hydrogen-bond acceptors (Lipinski definition) is 3. The predicted octanol–water partition coefficient (Wildman–Crippen LogP) is 3.31. The molecule has 1 rings (SSSR count). The molecule has 0 N–H and O–H groups in total. The number of carbonyl (C=O) groups excluding carboxylic acids is 1. The largest absolute Gasteiger partial charge is 0.394 e. The number of rotatable bonds is 4. The van der Waals surface area contributed by atoms with E-state index >= 15 is 0 Å². The molecule has 2 nitrogen and oxygen atoms in total. The van der Waals surface area contributed by atoms with E-state index in [9.17, 15) is 13.1 Å². The van der Waals surface area contributed by atoms with Crippen molar-refractivity contribution in [3.63, 3.8) is 0 Å². The summed E-state index contributed by atoms with van der Waals surface area (Å²) in [6.07, 6.45) is 0. The number of carbonyl (C=O) groups is 1. The second-order valence-electron chi connectivity index (χ2n) is 2.35. The van der Waals surface area contributed by atoms with Crippen molar-refractivity contribution < 1.29 is 17.3 Å². The summed E-state index contributed by atoms with van der Waals surface area (Å²) in [5, 5.41) is 0.116. The Morgan fingerprint density at radius 1 is 1.57 bits per heavy atom. The molecule has 6 heteroatoms. The van der Waals surface area contributed by atoms with Gasteiger partial charge in [-0.3, -0.25) is 4.79 Å². The summed E-state index contributed by atoms with van der Waals surface area (Å²) >= 11 is 2.51. The highest BCUT2D eigenvalue weighted by atomic mass is 79.9. The van der Waals surface area contributed by atoms with E-state index in [1.54, 1.807) is 0 Å². The molecule has 0 saturated carbocycles. The molecule has 1 aromatic carbocycles. The SMILES string of the molecule is O=C(CBr)c1ccc(OSF)c(F)c1. The zero-order chi connectivity index (χ0) is 10.6. The molecule has 0 atom stereocenters. The molecule has 0 bridgehead atoms. The first-order valence-electron chi connectivity index (χ1n) is 3.53. The summed E-state index contributed by atoms with van der Waals surface area (Å²) in [6, 6.07) is 3.59. The Bertz CT molecular complexity index is 346. The average molecular weight is 283 g/mol. The molecule has 0 radical (unpaired) electrons. The molecule has 0 amide bonds. The second kappa shape index (κ2) is 5.31. The van der Waals surface area contributed by atoms with Crippen molar-refractivity contribution in [2.24, 2.45) is 0 Å². The molecule has 0 heterocycles. The lowest BCUT2D eigenvalue weighted by Gasteiger charge is -2.02. The van der Waals surface area contributed by atoms with Gasteiger partial charge in [0.25, 0.3) is 12.4 Å². The third-order valence-electron chi connectivity index (χ3n) is 1.50. The average Bonchev–Trinajstić information content (AvgIpc) is 2.20. The molecule has 14 heavy (non-hydrogen) atoms. The number of benzene rings is 1. The van der Waals surface area contributed by atoms with Crippen LogP contribution in [0.25, 0.3) is 0 Å². The lowest BCUT2D eigenvalue weighted by molar-refractivity contribution is 0.102. The summed E-state index contributed by atoms with van der Waals surface area (Å²) in [6.45, 7) is 0. The molecule has 1 aromatic rings. The summed E-state index contributed by atoms with van der Waals surface area (Å²) < 4.78 is 29.0. The van der Waals surface area contributed by atoms with E-state index in [1.807, 2.05) is 0 Å². The van der Waals surface area contributed by atoms with E-state index in [2.05, 4.69) is 20.1 Å². The van der Waals surface area contributed by atoms with Gasteiger partial charge in [-0.1, -0.05) is 15.9 Å². The first-order chi connectivity index (χ1) is 6.69. The van der Waals surface area contributed by atoms with Crippen LogP contribution in [0, 0.1) is 5.82 Å². The van der Waals surface area contributed by atoms with Crippen LogP contribution in [0.2, 0.25) is 0 Å². The van der Waals surface area contributed by atoms with Crippen LogP contribution in [-0.2, 0) is 0 Å². The minimum atomic E-state index is -0.762. The molecule has 76 valence electrons. The van der Waals surface area contributed by atoms with Gasteiger partial charge in [0, 0.05) is 5.56 Å². The molecule has 0 fully saturated rings.